The third-order valence-electron chi connectivity index (χ3n) is 5.12. The maximum atomic E-state index is 13.0. The van der Waals surface area contributed by atoms with Crippen LogP contribution in [0.25, 0.3) is 31.6 Å². The van der Waals surface area contributed by atoms with Crippen LogP contribution in [0.5, 0.6) is 0 Å². The lowest BCUT2D eigenvalue weighted by atomic mass is 10.1. The summed E-state index contributed by atoms with van der Waals surface area (Å²) in [6.07, 6.45) is 0. The van der Waals surface area contributed by atoms with Gasteiger partial charge in [-0.05, 0) is 25.0 Å². The first-order valence-corrected chi connectivity index (χ1v) is 12.1. The van der Waals surface area contributed by atoms with E-state index in [4.69, 9.17) is 5.84 Å². The van der Waals surface area contributed by atoms with Crippen LogP contribution in [0.15, 0.2) is 50.5 Å². The number of aryl methyl sites for hydroxylation is 2. The van der Waals surface area contributed by atoms with Crippen LogP contribution >= 0.6 is 34.4 Å². The number of rotatable bonds is 4. The Morgan fingerprint density at radius 1 is 1.10 bits per heavy atom. The van der Waals surface area contributed by atoms with E-state index in [9.17, 15) is 9.59 Å². The molecule has 3 N–H and O–H groups in total. The van der Waals surface area contributed by atoms with Crippen molar-refractivity contribution in [3.63, 3.8) is 0 Å². The van der Waals surface area contributed by atoms with Crippen molar-refractivity contribution in [2.45, 2.75) is 24.8 Å². The predicted molar refractivity (Wildman–Crippen MR) is 129 cm³/mol. The van der Waals surface area contributed by atoms with E-state index >= 15 is 0 Å². The number of nitrogens with two attached hydrogens (primary N) is 1. The van der Waals surface area contributed by atoms with E-state index in [1.807, 2.05) is 49.6 Å². The van der Waals surface area contributed by atoms with E-state index in [0.717, 1.165) is 26.2 Å². The summed E-state index contributed by atoms with van der Waals surface area (Å²) in [4.78, 5) is 39.9. The van der Waals surface area contributed by atoms with Crippen LogP contribution in [0.3, 0.4) is 0 Å². The van der Waals surface area contributed by atoms with Crippen molar-refractivity contribution in [1.29, 1.82) is 0 Å². The van der Waals surface area contributed by atoms with E-state index in [1.165, 1.54) is 34.4 Å². The van der Waals surface area contributed by atoms with E-state index in [2.05, 4.69) is 15.0 Å². The second-order valence-electron chi connectivity index (χ2n) is 7.03. The molecule has 4 heterocycles. The molecular formula is C21H17N5O2S3. The van der Waals surface area contributed by atoms with E-state index in [-0.39, 0.29) is 11.1 Å². The van der Waals surface area contributed by atoms with Crippen LogP contribution in [-0.4, -0.2) is 19.6 Å². The molecule has 0 radical (unpaired) electrons. The van der Waals surface area contributed by atoms with Crippen LogP contribution in [0.4, 0.5) is 0 Å². The fraction of sp³-hybridized carbons (Fsp3) is 0.143. The van der Waals surface area contributed by atoms with Gasteiger partial charge in [0.15, 0.2) is 5.16 Å². The number of hydrogen-bond donors (Lipinski definition) is 2. The first-order valence-electron chi connectivity index (χ1n) is 9.40. The number of aromatic nitrogens is 4. The molecule has 0 aliphatic rings. The van der Waals surface area contributed by atoms with Crippen LogP contribution in [0.1, 0.15) is 16.3 Å². The minimum Gasteiger partial charge on any atom is -0.334 e. The monoisotopic (exact) mass is 467 g/mol. The van der Waals surface area contributed by atoms with Gasteiger partial charge in [0.05, 0.1) is 16.5 Å². The molecule has 5 aromatic rings. The summed E-state index contributed by atoms with van der Waals surface area (Å²) in [7, 11) is 0. The number of aromatic amines is 1. The van der Waals surface area contributed by atoms with Crippen LogP contribution in [0.2, 0.25) is 0 Å². The molecule has 4 aromatic heterocycles. The largest absolute Gasteiger partial charge is 0.334 e. The molecule has 0 aliphatic heterocycles. The molecule has 0 fully saturated rings. The Morgan fingerprint density at radius 2 is 1.87 bits per heavy atom. The first-order chi connectivity index (χ1) is 14.9. The standard InChI is InChI=1S/C21H17N5O2S3/c1-10-11(2)31-19-15(10)17(27)23-14(24-19)9-30-21-25-18-16(20(28)26(21)22)13(8-29-18)12-6-4-3-5-7-12/h3-8H,9,22H2,1-2H3,(H,23,24,27). The van der Waals surface area contributed by atoms with Crippen LogP contribution in [0, 0.1) is 13.8 Å². The summed E-state index contributed by atoms with van der Waals surface area (Å²) < 4.78 is 1.07. The maximum absolute atomic E-state index is 13.0. The van der Waals surface area contributed by atoms with Gasteiger partial charge in [0.25, 0.3) is 11.1 Å². The SMILES string of the molecule is Cc1sc2nc(CSc3nc4scc(-c5ccccc5)c4c(=O)n3N)[nH]c(=O)c2c1C. The van der Waals surface area contributed by atoms with E-state index in [1.54, 1.807) is 0 Å². The Morgan fingerprint density at radius 3 is 2.65 bits per heavy atom. The maximum Gasteiger partial charge on any atom is 0.282 e. The highest BCUT2D eigenvalue weighted by Crippen LogP contribution is 2.32. The molecule has 0 bridgehead atoms. The van der Waals surface area contributed by atoms with Gasteiger partial charge in [-0.25, -0.2) is 14.6 Å². The zero-order valence-electron chi connectivity index (χ0n) is 16.6. The van der Waals surface area contributed by atoms with Crippen LogP contribution in [-0.2, 0) is 5.75 Å². The molecule has 0 spiro atoms. The number of nitrogen functional groups attached to an aromatic ring is 1. The summed E-state index contributed by atoms with van der Waals surface area (Å²) in [5, 5.41) is 3.46. The van der Waals surface area contributed by atoms with Gasteiger partial charge in [-0.1, -0.05) is 42.1 Å². The minimum absolute atomic E-state index is 0.151. The molecule has 0 aliphatic carbocycles. The molecule has 10 heteroatoms. The Labute approximate surface area is 188 Å². The number of nitrogens with zero attached hydrogens (tertiary/aromatic N) is 3. The van der Waals surface area contributed by atoms with Crippen molar-refractivity contribution < 1.29 is 0 Å². The van der Waals surface area contributed by atoms with Crippen molar-refractivity contribution in [2.75, 3.05) is 5.84 Å². The number of H-pyrrole nitrogens is 1. The van der Waals surface area contributed by atoms with Gasteiger partial charge in [0.1, 0.15) is 15.5 Å². The Kier molecular flexibility index (Phi) is 4.92. The molecule has 0 saturated carbocycles. The lowest BCUT2D eigenvalue weighted by Gasteiger charge is -2.07. The lowest BCUT2D eigenvalue weighted by molar-refractivity contribution is 0.781. The summed E-state index contributed by atoms with van der Waals surface area (Å²) in [5.74, 6) is 6.96. The second-order valence-corrected chi connectivity index (χ2v) is 10.0. The number of thioether (sulfide) groups is 1. The summed E-state index contributed by atoms with van der Waals surface area (Å²) in [6, 6.07) is 9.70. The molecule has 1 aromatic carbocycles. The van der Waals surface area contributed by atoms with Crippen molar-refractivity contribution in [3.8, 4) is 11.1 Å². The normalized spacial score (nSPS) is 11.5. The summed E-state index contributed by atoms with van der Waals surface area (Å²) in [5.41, 5.74) is 2.29. The topological polar surface area (TPSA) is 107 Å². The zero-order valence-corrected chi connectivity index (χ0v) is 19.1. The number of hydrogen-bond acceptors (Lipinski definition) is 8. The van der Waals surface area contributed by atoms with Gasteiger partial charge in [0.2, 0.25) is 0 Å². The fourth-order valence-corrected chi connectivity index (χ4v) is 6.24. The highest BCUT2D eigenvalue weighted by molar-refractivity contribution is 7.98. The highest BCUT2D eigenvalue weighted by atomic mass is 32.2. The van der Waals surface area contributed by atoms with Gasteiger partial charge >= 0.3 is 0 Å². The number of benzene rings is 1. The molecule has 7 nitrogen and oxygen atoms in total. The average molecular weight is 468 g/mol. The number of nitrogens with one attached hydrogen (secondary N) is 1. The summed E-state index contributed by atoms with van der Waals surface area (Å²) in [6.45, 7) is 3.91. The Balaban J connectivity index is 1.50. The van der Waals surface area contributed by atoms with Crippen molar-refractivity contribution in [1.82, 2.24) is 19.6 Å². The third-order valence-corrected chi connectivity index (χ3v) is 8.06. The summed E-state index contributed by atoms with van der Waals surface area (Å²) >= 11 is 4.18. The van der Waals surface area contributed by atoms with Gasteiger partial charge in [-0.3, -0.25) is 9.59 Å². The smallest absolute Gasteiger partial charge is 0.282 e. The number of fused-ring (bicyclic) bond motifs is 2. The van der Waals surface area contributed by atoms with Gasteiger partial charge in [-0.15, -0.1) is 22.7 Å². The zero-order chi connectivity index (χ0) is 21.7. The van der Waals surface area contributed by atoms with Crippen molar-refractivity contribution in [3.05, 3.63) is 72.7 Å². The quantitative estimate of drug-likeness (QED) is 0.235. The van der Waals surface area contributed by atoms with Gasteiger partial charge < -0.3 is 10.8 Å². The predicted octanol–water partition coefficient (Wildman–Crippen LogP) is 4.05. The molecule has 0 atom stereocenters. The lowest BCUT2D eigenvalue weighted by Crippen LogP contribution is -2.29. The van der Waals surface area contributed by atoms with Gasteiger partial charge in [-0.2, -0.15) is 0 Å². The molecule has 0 unspecified atom stereocenters. The molecule has 156 valence electrons. The Bertz CT molecular complexity index is 1560. The fourth-order valence-electron chi connectivity index (χ4n) is 3.42. The Hall–Kier alpha value is -2.95. The molecule has 0 amide bonds. The van der Waals surface area contributed by atoms with Crippen molar-refractivity contribution >= 4 is 54.9 Å². The van der Waals surface area contributed by atoms with Crippen LogP contribution < -0.4 is 17.0 Å². The molecular weight excluding hydrogens is 450 g/mol. The minimum atomic E-state index is -0.297. The second kappa shape index (κ2) is 7.63. The molecule has 5 rings (SSSR count). The van der Waals surface area contributed by atoms with E-state index in [0.29, 0.717) is 37.2 Å². The number of thiophene rings is 2. The third kappa shape index (κ3) is 3.36. The molecule has 0 saturated heterocycles. The first kappa shape index (κ1) is 20.0. The average Bonchev–Trinajstić information content (AvgIpc) is 3.31. The van der Waals surface area contributed by atoms with Crippen molar-refractivity contribution in [2.24, 2.45) is 0 Å². The molecule has 31 heavy (non-hydrogen) atoms. The highest BCUT2D eigenvalue weighted by Gasteiger charge is 2.17. The van der Waals surface area contributed by atoms with Gasteiger partial charge in [0, 0.05) is 15.8 Å². The van der Waals surface area contributed by atoms with E-state index < -0.39 is 0 Å².